The normalized spacial score (nSPS) is 12.0. The summed E-state index contributed by atoms with van der Waals surface area (Å²) in [5.74, 6) is -0.563. The molecule has 1 aliphatic heterocycles. The second kappa shape index (κ2) is 8.90. The van der Waals surface area contributed by atoms with E-state index in [2.05, 4.69) is 5.32 Å². The molecule has 0 radical (unpaired) electrons. The molecule has 0 bridgehead atoms. The van der Waals surface area contributed by atoms with Crippen LogP contribution in [-0.2, 0) is 14.3 Å². The number of carbonyl (C=O) groups excluding carboxylic acids is 3. The van der Waals surface area contributed by atoms with Crippen LogP contribution in [0.4, 0.5) is 5.69 Å². The van der Waals surface area contributed by atoms with Gasteiger partial charge >= 0.3 is 11.9 Å². The first-order chi connectivity index (χ1) is 13.6. The Morgan fingerprint density at radius 3 is 2.25 bits per heavy atom. The zero-order chi connectivity index (χ0) is 19.9. The number of fused-ring (bicyclic) bond motifs is 1. The van der Waals surface area contributed by atoms with Gasteiger partial charge in [-0.05, 0) is 49.4 Å². The van der Waals surface area contributed by atoms with Gasteiger partial charge in [0.25, 0.3) is 5.91 Å². The van der Waals surface area contributed by atoms with Crippen LogP contribution in [0.5, 0.6) is 11.5 Å². The average molecular weight is 385 g/mol. The summed E-state index contributed by atoms with van der Waals surface area (Å²) < 4.78 is 20.7. The molecule has 1 heterocycles. The average Bonchev–Trinajstić information content (AvgIpc) is 2.72. The molecule has 2 aromatic carbocycles. The first-order valence-electron chi connectivity index (χ1n) is 8.70. The molecule has 0 atom stereocenters. The Kier molecular flexibility index (Phi) is 6.11. The van der Waals surface area contributed by atoms with Gasteiger partial charge in [0.1, 0.15) is 13.2 Å². The monoisotopic (exact) mass is 385 g/mol. The molecule has 2 aromatic rings. The van der Waals surface area contributed by atoms with Crippen LogP contribution in [0.3, 0.4) is 0 Å². The van der Waals surface area contributed by atoms with Gasteiger partial charge in [-0.1, -0.05) is 0 Å². The minimum absolute atomic E-state index is 0.260. The quantitative estimate of drug-likeness (QED) is 0.762. The molecule has 1 aliphatic rings. The Labute approximate surface area is 161 Å². The topological polar surface area (TPSA) is 100 Å². The number of amides is 1. The van der Waals surface area contributed by atoms with Crippen LogP contribution in [0.1, 0.15) is 27.6 Å². The number of esters is 2. The van der Waals surface area contributed by atoms with E-state index in [0.29, 0.717) is 36.0 Å². The van der Waals surface area contributed by atoms with Crippen molar-refractivity contribution >= 4 is 23.5 Å². The molecule has 146 valence electrons. The number of carbonyl (C=O) groups is 3. The predicted octanol–water partition coefficient (Wildman–Crippen LogP) is 2.43. The van der Waals surface area contributed by atoms with E-state index in [-0.39, 0.29) is 12.2 Å². The molecular weight excluding hydrogens is 366 g/mol. The van der Waals surface area contributed by atoms with Gasteiger partial charge in [0.2, 0.25) is 0 Å². The highest BCUT2D eigenvalue weighted by Crippen LogP contribution is 2.30. The molecular formula is C20H19NO7. The third-order valence-corrected chi connectivity index (χ3v) is 3.79. The SMILES string of the molecule is CCOC(=O)c1ccc(NC(=O)COC(=O)c2ccc3c(c2)OCCO3)cc1. The number of benzene rings is 2. The maximum absolute atomic E-state index is 12.1. The van der Waals surface area contributed by atoms with E-state index in [4.69, 9.17) is 18.9 Å². The Morgan fingerprint density at radius 2 is 1.54 bits per heavy atom. The lowest BCUT2D eigenvalue weighted by Crippen LogP contribution is -2.21. The summed E-state index contributed by atoms with van der Waals surface area (Å²) in [6.45, 7) is 2.41. The molecule has 0 saturated carbocycles. The number of rotatable bonds is 6. The van der Waals surface area contributed by atoms with Crippen molar-refractivity contribution in [2.75, 3.05) is 31.7 Å². The Hall–Kier alpha value is -3.55. The largest absolute Gasteiger partial charge is 0.486 e. The molecule has 0 aromatic heterocycles. The molecule has 0 aliphatic carbocycles. The van der Waals surface area contributed by atoms with Gasteiger partial charge in [0.05, 0.1) is 17.7 Å². The molecule has 0 spiro atoms. The number of hydrogen-bond acceptors (Lipinski definition) is 7. The van der Waals surface area contributed by atoms with Gasteiger partial charge in [0, 0.05) is 5.69 Å². The number of anilines is 1. The number of ether oxygens (including phenoxy) is 4. The van der Waals surface area contributed by atoms with E-state index in [9.17, 15) is 14.4 Å². The molecule has 1 N–H and O–H groups in total. The van der Waals surface area contributed by atoms with Crippen LogP contribution >= 0.6 is 0 Å². The summed E-state index contributed by atoms with van der Waals surface area (Å²) in [6, 6.07) is 10.9. The maximum Gasteiger partial charge on any atom is 0.338 e. The summed E-state index contributed by atoms with van der Waals surface area (Å²) in [5, 5.41) is 2.58. The molecule has 8 heteroatoms. The van der Waals surface area contributed by atoms with Gasteiger partial charge in [-0.25, -0.2) is 9.59 Å². The Balaban J connectivity index is 1.51. The first-order valence-corrected chi connectivity index (χ1v) is 8.70. The van der Waals surface area contributed by atoms with E-state index in [0.717, 1.165) is 0 Å². The standard InChI is InChI=1S/C20H19NO7/c1-2-25-19(23)13-3-6-15(7-4-13)21-18(22)12-28-20(24)14-5-8-16-17(11-14)27-10-9-26-16/h3-8,11H,2,9-10,12H2,1H3,(H,21,22). The van der Waals surface area contributed by atoms with Crippen LogP contribution in [0.2, 0.25) is 0 Å². The summed E-state index contributed by atoms with van der Waals surface area (Å²) in [5.41, 5.74) is 1.11. The second-order valence-corrected chi connectivity index (χ2v) is 5.78. The lowest BCUT2D eigenvalue weighted by molar-refractivity contribution is -0.119. The second-order valence-electron chi connectivity index (χ2n) is 5.78. The summed E-state index contributed by atoms with van der Waals surface area (Å²) in [6.07, 6.45) is 0. The van der Waals surface area contributed by atoms with Crippen molar-refractivity contribution in [3.05, 3.63) is 53.6 Å². The van der Waals surface area contributed by atoms with Crippen LogP contribution in [0.25, 0.3) is 0 Å². The van der Waals surface area contributed by atoms with Crippen molar-refractivity contribution in [2.24, 2.45) is 0 Å². The van der Waals surface area contributed by atoms with Crippen molar-refractivity contribution < 1.29 is 33.3 Å². The molecule has 28 heavy (non-hydrogen) atoms. The fourth-order valence-electron chi connectivity index (χ4n) is 2.49. The third kappa shape index (κ3) is 4.79. The molecule has 3 rings (SSSR count). The summed E-state index contributed by atoms with van der Waals surface area (Å²) >= 11 is 0. The predicted molar refractivity (Wildman–Crippen MR) is 98.7 cm³/mol. The maximum atomic E-state index is 12.1. The van der Waals surface area contributed by atoms with E-state index < -0.39 is 24.5 Å². The van der Waals surface area contributed by atoms with Gasteiger partial charge in [-0.2, -0.15) is 0 Å². The highest BCUT2D eigenvalue weighted by Gasteiger charge is 2.17. The van der Waals surface area contributed by atoms with Crippen LogP contribution < -0.4 is 14.8 Å². The van der Waals surface area contributed by atoms with E-state index in [1.54, 1.807) is 31.2 Å². The third-order valence-electron chi connectivity index (χ3n) is 3.79. The minimum Gasteiger partial charge on any atom is -0.486 e. The lowest BCUT2D eigenvalue weighted by atomic mass is 10.2. The molecule has 0 saturated heterocycles. The first kappa shape index (κ1) is 19.2. The van der Waals surface area contributed by atoms with Crippen molar-refractivity contribution in [1.82, 2.24) is 0 Å². The van der Waals surface area contributed by atoms with Crippen LogP contribution in [-0.4, -0.2) is 44.3 Å². The number of hydrogen-bond donors (Lipinski definition) is 1. The van der Waals surface area contributed by atoms with E-state index >= 15 is 0 Å². The fourth-order valence-corrected chi connectivity index (χ4v) is 2.49. The van der Waals surface area contributed by atoms with E-state index in [1.165, 1.54) is 18.2 Å². The highest BCUT2D eigenvalue weighted by atomic mass is 16.6. The molecule has 0 fully saturated rings. The Morgan fingerprint density at radius 1 is 0.893 bits per heavy atom. The number of nitrogens with one attached hydrogen (secondary N) is 1. The Bertz CT molecular complexity index is 877. The zero-order valence-corrected chi connectivity index (χ0v) is 15.2. The van der Waals surface area contributed by atoms with E-state index in [1.807, 2.05) is 0 Å². The lowest BCUT2D eigenvalue weighted by Gasteiger charge is -2.18. The molecule has 1 amide bonds. The van der Waals surface area contributed by atoms with Gasteiger partial charge in [-0.15, -0.1) is 0 Å². The summed E-state index contributed by atoms with van der Waals surface area (Å²) in [4.78, 5) is 35.7. The smallest absolute Gasteiger partial charge is 0.338 e. The summed E-state index contributed by atoms with van der Waals surface area (Å²) in [7, 11) is 0. The molecule has 8 nitrogen and oxygen atoms in total. The van der Waals surface area contributed by atoms with Crippen molar-refractivity contribution in [3.8, 4) is 11.5 Å². The molecule has 0 unspecified atom stereocenters. The van der Waals surface area contributed by atoms with Crippen molar-refractivity contribution in [3.63, 3.8) is 0 Å². The van der Waals surface area contributed by atoms with Crippen LogP contribution in [0, 0.1) is 0 Å². The van der Waals surface area contributed by atoms with Crippen molar-refractivity contribution in [2.45, 2.75) is 6.92 Å². The van der Waals surface area contributed by atoms with Gasteiger partial charge in [-0.3, -0.25) is 4.79 Å². The van der Waals surface area contributed by atoms with Gasteiger partial charge in [0.15, 0.2) is 18.1 Å². The minimum atomic E-state index is -0.648. The van der Waals surface area contributed by atoms with Gasteiger partial charge < -0.3 is 24.3 Å². The zero-order valence-electron chi connectivity index (χ0n) is 15.2. The highest BCUT2D eigenvalue weighted by molar-refractivity contribution is 5.96. The fraction of sp³-hybridized carbons (Fsp3) is 0.250. The van der Waals surface area contributed by atoms with Crippen molar-refractivity contribution in [1.29, 1.82) is 0 Å². The van der Waals surface area contributed by atoms with Crippen LogP contribution in [0.15, 0.2) is 42.5 Å².